The lowest BCUT2D eigenvalue weighted by atomic mass is 10.1. The molecule has 1 aromatic heterocycles. The van der Waals surface area contributed by atoms with Gasteiger partial charge in [0.25, 0.3) is 11.8 Å². The number of carbonyl (C=O) groups excluding carboxylic acids is 2. The minimum absolute atomic E-state index is 0.0395. The first-order valence-corrected chi connectivity index (χ1v) is 9.17. The van der Waals surface area contributed by atoms with Crippen molar-refractivity contribution in [3.8, 4) is 5.75 Å². The Labute approximate surface area is 157 Å². The molecule has 142 valence electrons. The van der Waals surface area contributed by atoms with Crippen molar-refractivity contribution in [3.05, 3.63) is 46.8 Å². The Morgan fingerprint density at radius 2 is 1.85 bits per heavy atom. The summed E-state index contributed by atoms with van der Waals surface area (Å²) in [6, 6.07) is 7.14. The molecule has 0 bridgehead atoms. The third-order valence-corrected chi connectivity index (χ3v) is 5.18. The van der Waals surface area contributed by atoms with Gasteiger partial charge in [-0.05, 0) is 18.2 Å². The molecule has 1 fully saturated rings. The lowest BCUT2D eigenvalue weighted by molar-refractivity contribution is 0.0531. The summed E-state index contributed by atoms with van der Waals surface area (Å²) in [5.74, 6) is 0.554. The largest absolute Gasteiger partial charge is 0.497 e. The smallest absolute Gasteiger partial charge is 0.274 e. The van der Waals surface area contributed by atoms with Crippen molar-refractivity contribution in [2.24, 2.45) is 0 Å². The van der Waals surface area contributed by atoms with Crippen LogP contribution in [0.3, 0.4) is 0 Å². The number of methoxy groups -OCH3 is 1. The van der Waals surface area contributed by atoms with Gasteiger partial charge in [0.15, 0.2) is 5.69 Å². The van der Waals surface area contributed by atoms with Crippen LogP contribution in [0.5, 0.6) is 5.75 Å². The Hall–Kier alpha value is -2.87. The SMILES string of the molecule is COc1cccc(C(=O)N2CCN(C(=O)c3n[nH]c4c3CNCC4)CC2)c1. The molecule has 1 aromatic carbocycles. The van der Waals surface area contributed by atoms with Crippen molar-refractivity contribution >= 4 is 11.8 Å². The van der Waals surface area contributed by atoms with E-state index in [0.717, 1.165) is 24.2 Å². The van der Waals surface area contributed by atoms with E-state index in [2.05, 4.69) is 15.5 Å². The molecule has 2 N–H and O–H groups in total. The number of hydrogen-bond acceptors (Lipinski definition) is 5. The van der Waals surface area contributed by atoms with Gasteiger partial charge < -0.3 is 19.9 Å². The summed E-state index contributed by atoms with van der Waals surface area (Å²) < 4.78 is 5.19. The van der Waals surface area contributed by atoms with Gasteiger partial charge >= 0.3 is 0 Å². The number of nitrogens with one attached hydrogen (secondary N) is 2. The molecule has 0 radical (unpaired) electrons. The summed E-state index contributed by atoms with van der Waals surface area (Å²) in [7, 11) is 1.58. The van der Waals surface area contributed by atoms with Crippen LogP contribution in [0, 0.1) is 0 Å². The number of nitrogens with zero attached hydrogens (tertiary/aromatic N) is 3. The van der Waals surface area contributed by atoms with Crippen molar-refractivity contribution in [1.29, 1.82) is 0 Å². The van der Waals surface area contributed by atoms with E-state index in [-0.39, 0.29) is 11.8 Å². The molecule has 0 atom stereocenters. The number of aromatic amines is 1. The van der Waals surface area contributed by atoms with Gasteiger partial charge in [-0.2, -0.15) is 5.10 Å². The van der Waals surface area contributed by atoms with Gasteiger partial charge in [-0.3, -0.25) is 14.7 Å². The van der Waals surface area contributed by atoms with Gasteiger partial charge in [0.2, 0.25) is 0 Å². The number of benzene rings is 1. The van der Waals surface area contributed by atoms with Crippen LogP contribution < -0.4 is 10.1 Å². The topological polar surface area (TPSA) is 90.6 Å². The van der Waals surface area contributed by atoms with Crippen LogP contribution >= 0.6 is 0 Å². The van der Waals surface area contributed by atoms with Crippen LogP contribution in [-0.2, 0) is 13.0 Å². The highest BCUT2D eigenvalue weighted by Gasteiger charge is 2.29. The monoisotopic (exact) mass is 369 g/mol. The van der Waals surface area contributed by atoms with Gasteiger partial charge in [-0.15, -0.1) is 0 Å². The maximum Gasteiger partial charge on any atom is 0.274 e. The summed E-state index contributed by atoms with van der Waals surface area (Å²) in [6.45, 7) is 3.58. The van der Waals surface area contributed by atoms with Crippen molar-refractivity contribution < 1.29 is 14.3 Å². The predicted molar refractivity (Wildman–Crippen MR) is 98.8 cm³/mol. The highest BCUT2D eigenvalue weighted by molar-refractivity contribution is 5.96. The Kier molecular flexibility index (Phi) is 4.81. The van der Waals surface area contributed by atoms with E-state index in [9.17, 15) is 9.59 Å². The number of H-pyrrole nitrogens is 1. The molecule has 27 heavy (non-hydrogen) atoms. The average molecular weight is 369 g/mol. The molecule has 0 saturated carbocycles. The molecule has 1 saturated heterocycles. The number of ether oxygens (including phenoxy) is 1. The van der Waals surface area contributed by atoms with E-state index in [1.165, 1.54) is 0 Å². The molecule has 2 aliphatic heterocycles. The normalized spacial score (nSPS) is 16.8. The molecule has 2 amide bonds. The first-order valence-electron chi connectivity index (χ1n) is 9.17. The molecule has 0 aliphatic carbocycles. The number of rotatable bonds is 3. The quantitative estimate of drug-likeness (QED) is 0.830. The van der Waals surface area contributed by atoms with Crippen LogP contribution in [0.2, 0.25) is 0 Å². The summed E-state index contributed by atoms with van der Waals surface area (Å²) in [5.41, 5.74) is 3.12. The molecule has 4 rings (SSSR count). The van der Waals surface area contributed by atoms with Crippen LogP contribution in [-0.4, -0.2) is 71.6 Å². The van der Waals surface area contributed by atoms with Crippen LogP contribution in [0.1, 0.15) is 32.1 Å². The molecule has 8 heteroatoms. The number of amides is 2. The Morgan fingerprint density at radius 1 is 1.11 bits per heavy atom. The molecule has 2 aliphatic rings. The first-order chi connectivity index (χ1) is 13.2. The second-order valence-electron chi connectivity index (χ2n) is 6.77. The van der Waals surface area contributed by atoms with Crippen LogP contribution in [0.25, 0.3) is 0 Å². The maximum atomic E-state index is 12.9. The first kappa shape index (κ1) is 17.5. The fourth-order valence-corrected chi connectivity index (χ4v) is 3.60. The molecule has 2 aromatic rings. The van der Waals surface area contributed by atoms with Crippen molar-refractivity contribution in [3.63, 3.8) is 0 Å². The lowest BCUT2D eigenvalue weighted by Crippen LogP contribution is -2.50. The number of hydrogen-bond donors (Lipinski definition) is 2. The highest BCUT2D eigenvalue weighted by Crippen LogP contribution is 2.19. The molecule has 0 spiro atoms. The van der Waals surface area contributed by atoms with E-state index in [0.29, 0.717) is 49.7 Å². The van der Waals surface area contributed by atoms with E-state index in [1.807, 2.05) is 6.07 Å². The van der Waals surface area contributed by atoms with Gasteiger partial charge in [-0.25, -0.2) is 0 Å². The number of fused-ring (bicyclic) bond motifs is 1. The van der Waals surface area contributed by atoms with Gasteiger partial charge in [-0.1, -0.05) is 6.07 Å². The van der Waals surface area contributed by atoms with Crippen molar-refractivity contribution in [2.75, 3.05) is 39.8 Å². The van der Waals surface area contributed by atoms with Crippen LogP contribution in [0.4, 0.5) is 0 Å². The van der Waals surface area contributed by atoms with E-state index >= 15 is 0 Å². The third kappa shape index (κ3) is 3.40. The number of piperazine rings is 1. The fraction of sp³-hybridized carbons (Fsp3) is 0.421. The summed E-state index contributed by atoms with van der Waals surface area (Å²) >= 11 is 0. The molecular formula is C19H23N5O3. The summed E-state index contributed by atoms with van der Waals surface area (Å²) in [4.78, 5) is 29.1. The minimum Gasteiger partial charge on any atom is -0.497 e. The Bertz CT molecular complexity index is 855. The summed E-state index contributed by atoms with van der Waals surface area (Å²) in [5, 5.41) is 10.5. The lowest BCUT2D eigenvalue weighted by Gasteiger charge is -2.34. The maximum absolute atomic E-state index is 12.9. The summed E-state index contributed by atoms with van der Waals surface area (Å²) in [6.07, 6.45) is 0.860. The molecular weight excluding hydrogens is 346 g/mol. The second-order valence-corrected chi connectivity index (χ2v) is 6.77. The second kappa shape index (κ2) is 7.40. The standard InChI is InChI=1S/C19H23N5O3/c1-27-14-4-2-3-13(11-14)18(25)23-7-9-24(10-8-23)19(26)17-15-12-20-6-5-16(15)21-22-17/h2-4,11,20H,5-10,12H2,1H3,(H,21,22). The zero-order valence-electron chi connectivity index (χ0n) is 15.3. The van der Waals surface area contributed by atoms with Gasteiger partial charge in [0.05, 0.1) is 7.11 Å². The number of aromatic nitrogens is 2. The minimum atomic E-state index is -0.0651. The van der Waals surface area contributed by atoms with Gasteiger partial charge in [0.1, 0.15) is 5.75 Å². The van der Waals surface area contributed by atoms with E-state index < -0.39 is 0 Å². The van der Waals surface area contributed by atoms with E-state index in [4.69, 9.17) is 4.74 Å². The number of carbonyl (C=O) groups is 2. The fourth-order valence-electron chi connectivity index (χ4n) is 3.60. The molecule has 8 nitrogen and oxygen atoms in total. The zero-order valence-corrected chi connectivity index (χ0v) is 15.3. The van der Waals surface area contributed by atoms with Crippen LogP contribution in [0.15, 0.2) is 24.3 Å². The predicted octanol–water partition coefficient (Wildman–Crippen LogP) is 0.662. The van der Waals surface area contributed by atoms with Crippen molar-refractivity contribution in [1.82, 2.24) is 25.3 Å². The average Bonchev–Trinajstić information content (AvgIpc) is 3.17. The highest BCUT2D eigenvalue weighted by atomic mass is 16.5. The molecule has 0 unspecified atom stereocenters. The van der Waals surface area contributed by atoms with Crippen molar-refractivity contribution in [2.45, 2.75) is 13.0 Å². The molecule has 3 heterocycles. The van der Waals surface area contributed by atoms with E-state index in [1.54, 1.807) is 35.1 Å². The Morgan fingerprint density at radius 3 is 2.59 bits per heavy atom. The van der Waals surface area contributed by atoms with Gasteiger partial charge in [0, 0.05) is 62.5 Å². The Balaban J connectivity index is 1.40. The zero-order chi connectivity index (χ0) is 18.8. The third-order valence-electron chi connectivity index (χ3n) is 5.18.